The molecule has 0 unspecified atom stereocenters. The van der Waals surface area contributed by atoms with Gasteiger partial charge in [0.05, 0.1) is 0 Å². The smallest absolute Gasteiger partial charge is 0.327 e. The van der Waals surface area contributed by atoms with Crippen molar-refractivity contribution >= 4 is 23.8 Å². The number of rotatable bonds is 9. The molecule has 0 aromatic heterocycles. The predicted molar refractivity (Wildman–Crippen MR) is 109 cm³/mol. The number of hydrogen-bond donors (Lipinski definition) is 2. The molecule has 1 aliphatic heterocycles. The van der Waals surface area contributed by atoms with Crippen LogP contribution >= 0.6 is 0 Å². The van der Waals surface area contributed by atoms with E-state index in [1.165, 1.54) is 0 Å². The number of benzene rings is 1. The second-order valence-corrected chi connectivity index (χ2v) is 8.65. The highest BCUT2D eigenvalue weighted by Crippen LogP contribution is 2.26. The maximum absolute atomic E-state index is 12.8. The maximum Gasteiger partial charge on any atom is 0.327 e. The SMILES string of the molecule is CC(C)CC[C@@]1(C)NC(=O)N(CC(=O)O[C@@H](C(=O)NC2CC2)c2ccccc2)C1=O. The summed E-state index contributed by atoms with van der Waals surface area (Å²) in [6.45, 7) is 5.20. The Balaban J connectivity index is 1.66. The van der Waals surface area contributed by atoms with Crippen LogP contribution in [0.5, 0.6) is 0 Å². The third-order valence-corrected chi connectivity index (χ3v) is 5.37. The summed E-state index contributed by atoms with van der Waals surface area (Å²) in [6.07, 6.45) is 1.92. The molecule has 1 saturated heterocycles. The minimum absolute atomic E-state index is 0.106. The fraction of sp³-hybridized carbons (Fsp3) is 0.545. The first kappa shape index (κ1) is 21.8. The number of amides is 4. The van der Waals surface area contributed by atoms with Crippen molar-refractivity contribution in [2.24, 2.45) is 5.92 Å². The summed E-state index contributed by atoms with van der Waals surface area (Å²) >= 11 is 0. The van der Waals surface area contributed by atoms with Crippen molar-refractivity contribution < 1.29 is 23.9 Å². The first-order valence-corrected chi connectivity index (χ1v) is 10.4. The van der Waals surface area contributed by atoms with Gasteiger partial charge in [-0.15, -0.1) is 0 Å². The second kappa shape index (κ2) is 8.85. The van der Waals surface area contributed by atoms with E-state index in [0.29, 0.717) is 17.9 Å². The third-order valence-electron chi connectivity index (χ3n) is 5.37. The quantitative estimate of drug-likeness (QED) is 0.476. The van der Waals surface area contributed by atoms with Gasteiger partial charge in [0.15, 0.2) is 0 Å². The molecule has 0 bridgehead atoms. The van der Waals surface area contributed by atoms with Crippen LogP contribution in [0.25, 0.3) is 0 Å². The lowest BCUT2D eigenvalue weighted by molar-refractivity contribution is -0.158. The van der Waals surface area contributed by atoms with Crippen molar-refractivity contribution in [1.29, 1.82) is 0 Å². The van der Waals surface area contributed by atoms with Crippen LogP contribution in [0.4, 0.5) is 4.79 Å². The van der Waals surface area contributed by atoms with E-state index in [1.54, 1.807) is 37.3 Å². The number of nitrogens with one attached hydrogen (secondary N) is 2. The van der Waals surface area contributed by atoms with Gasteiger partial charge in [0, 0.05) is 11.6 Å². The second-order valence-electron chi connectivity index (χ2n) is 8.65. The molecule has 8 nitrogen and oxygen atoms in total. The number of carbonyl (C=O) groups is 4. The number of hydrogen-bond acceptors (Lipinski definition) is 5. The van der Waals surface area contributed by atoms with Gasteiger partial charge in [-0.25, -0.2) is 4.79 Å². The first-order valence-electron chi connectivity index (χ1n) is 10.4. The highest BCUT2D eigenvalue weighted by atomic mass is 16.5. The van der Waals surface area contributed by atoms with E-state index in [9.17, 15) is 19.2 Å². The summed E-state index contributed by atoms with van der Waals surface area (Å²) in [7, 11) is 0. The number of carbonyl (C=O) groups excluding carboxylic acids is 4. The fourth-order valence-electron chi connectivity index (χ4n) is 3.34. The van der Waals surface area contributed by atoms with Gasteiger partial charge in [-0.2, -0.15) is 0 Å². The molecule has 0 spiro atoms. The molecule has 3 rings (SSSR count). The average molecular weight is 415 g/mol. The minimum atomic E-state index is -1.13. The Morgan fingerprint density at radius 3 is 2.50 bits per heavy atom. The molecule has 162 valence electrons. The molecule has 2 fully saturated rings. The Bertz CT molecular complexity index is 821. The molecule has 2 atom stereocenters. The summed E-state index contributed by atoms with van der Waals surface area (Å²) in [5, 5.41) is 5.52. The normalized spacial score (nSPS) is 22.1. The van der Waals surface area contributed by atoms with Gasteiger partial charge in [0.1, 0.15) is 12.1 Å². The van der Waals surface area contributed by atoms with Crippen LogP contribution < -0.4 is 10.6 Å². The van der Waals surface area contributed by atoms with Gasteiger partial charge in [-0.1, -0.05) is 44.2 Å². The number of urea groups is 1. The molecule has 2 N–H and O–H groups in total. The molecule has 8 heteroatoms. The average Bonchev–Trinajstić information content (AvgIpc) is 3.49. The van der Waals surface area contributed by atoms with E-state index in [2.05, 4.69) is 10.6 Å². The summed E-state index contributed by atoms with van der Waals surface area (Å²) < 4.78 is 5.43. The van der Waals surface area contributed by atoms with E-state index in [0.717, 1.165) is 24.2 Å². The van der Waals surface area contributed by atoms with Crippen molar-refractivity contribution in [3.8, 4) is 0 Å². The molecule has 0 radical (unpaired) electrons. The highest BCUT2D eigenvalue weighted by molar-refractivity contribution is 6.08. The van der Waals surface area contributed by atoms with Gasteiger partial charge in [-0.3, -0.25) is 19.3 Å². The molecule has 4 amide bonds. The summed E-state index contributed by atoms with van der Waals surface area (Å²) in [4.78, 5) is 51.2. The molecular weight excluding hydrogens is 386 g/mol. The molecule has 2 aliphatic rings. The lowest BCUT2D eigenvalue weighted by Gasteiger charge is -2.23. The van der Waals surface area contributed by atoms with Gasteiger partial charge < -0.3 is 15.4 Å². The van der Waals surface area contributed by atoms with Crippen LogP contribution in [0.15, 0.2) is 30.3 Å². The number of nitrogens with zero attached hydrogens (tertiary/aromatic N) is 1. The lowest BCUT2D eigenvalue weighted by Crippen LogP contribution is -2.44. The summed E-state index contributed by atoms with van der Waals surface area (Å²) in [6, 6.07) is 8.17. The van der Waals surface area contributed by atoms with E-state index < -0.39 is 42.0 Å². The molecular formula is C22H29N3O5. The predicted octanol–water partition coefficient (Wildman–Crippen LogP) is 2.30. The van der Waals surface area contributed by atoms with Crippen LogP contribution in [-0.4, -0.2) is 46.8 Å². The Morgan fingerprint density at radius 1 is 1.23 bits per heavy atom. The van der Waals surface area contributed by atoms with E-state index >= 15 is 0 Å². The Labute approximate surface area is 176 Å². The molecule has 1 saturated carbocycles. The zero-order chi connectivity index (χ0) is 21.9. The van der Waals surface area contributed by atoms with Crippen LogP contribution in [0, 0.1) is 5.92 Å². The summed E-state index contributed by atoms with van der Waals surface area (Å²) in [5.41, 5.74) is -0.507. The molecule has 30 heavy (non-hydrogen) atoms. The van der Waals surface area contributed by atoms with Crippen molar-refractivity contribution in [3.63, 3.8) is 0 Å². The monoisotopic (exact) mass is 415 g/mol. The van der Waals surface area contributed by atoms with E-state index in [-0.39, 0.29) is 6.04 Å². The lowest BCUT2D eigenvalue weighted by atomic mass is 9.92. The highest BCUT2D eigenvalue weighted by Gasteiger charge is 2.48. The molecule has 1 aliphatic carbocycles. The standard InChI is InChI=1S/C22H29N3O5/c1-14(2)11-12-22(3)20(28)25(21(29)24-22)13-17(26)30-18(15-7-5-4-6-8-15)19(27)23-16-9-10-16/h4-8,14,16,18H,9-13H2,1-3H3,(H,23,27)(H,24,29)/t18-,22-/m1/s1. The summed E-state index contributed by atoms with van der Waals surface area (Å²) in [5.74, 6) is -1.30. The van der Waals surface area contributed by atoms with Crippen LogP contribution in [0.1, 0.15) is 58.1 Å². The Kier molecular flexibility index (Phi) is 6.43. The maximum atomic E-state index is 12.8. The Morgan fingerprint density at radius 2 is 1.90 bits per heavy atom. The van der Waals surface area contributed by atoms with Crippen molar-refractivity contribution in [2.75, 3.05) is 6.54 Å². The Hall–Kier alpha value is -2.90. The third kappa shape index (κ3) is 5.17. The van der Waals surface area contributed by atoms with Gasteiger partial charge in [0.2, 0.25) is 6.10 Å². The number of imide groups is 1. The van der Waals surface area contributed by atoms with Crippen LogP contribution in [0.3, 0.4) is 0 Å². The zero-order valence-corrected chi connectivity index (χ0v) is 17.6. The molecule has 1 aromatic carbocycles. The van der Waals surface area contributed by atoms with Crippen LogP contribution in [0.2, 0.25) is 0 Å². The molecule has 1 aromatic rings. The van der Waals surface area contributed by atoms with Gasteiger partial charge >= 0.3 is 12.0 Å². The molecule has 1 heterocycles. The first-order chi connectivity index (χ1) is 14.2. The van der Waals surface area contributed by atoms with Crippen molar-refractivity contribution in [2.45, 2.75) is 64.1 Å². The topological polar surface area (TPSA) is 105 Å². The number of esters is 1. The largest absolute Gasteiger partial charge is 0.446 e. The van der Waals surface area contributed by atoms with E-state index in [1.807, 2.05) is 13.8 Å². The fourth-order valence-corrected chi connectivity index (χ4v) is 3.34. The van der Waals surface area contributed by atoms with Crippen LogP contribution in [-0.2, 0) is 19.1 Å². The van der Waals surface area contributed by atoms with Crippen molar-refractivity contribution in [3.05, 3.63) is 35.9 Å². The minimum Gasteiger partial charge on any atom is -0.446 e. The van der Waals surface area contributed by atoms with Crippen molar-refractivity contribution in [1.82, 2.24) is 15.5 Å². The zero-order valence-electron chi connectivity index (χ0n) is 17.6. The van der Waals surface area contributed by atoms with E-state index in [4.69, 9.17) is 4.74 Å². The number of ether oxygens (including phenoxy) is 1. The van der Waals surface area contributed by atoms with Gasteiger partial charge in [0.25, 0.3) is 11.8 Å². The van der Waals surface area contributed by atoms with Gasteiger partial charge in [-0.05, 0) is 38.5 Å².